The fourth-order valence-electron chi connectivity index (χ4n) is 1.94. The maximum atomic E-state index is 11.5. The molecular formula is C14H16N2O2S. The maximum absolute atomic E-state index is 11.5. The van der Waals surface area contributed by atoms with Crippen molar-refractivity contribution in [3.63, 3.8) is 0 Å². The van der Waals surface area contributed by atoms with Crippen molar-refractivity contribution >= 4 is 10.0 Å². The van der Waals surface area contributed by atoms with E-state index in [0.29, 0.717) is 18.5 Å². The first-order chi connectivity index (χ1) is 9.00. The highest BCUT2D eigenvalue weighted by Gasteiger charge is 2.13. The van der Waals surface area contributed by atoms with Crippen LogP contribution < -0.4 is 10.9 Å². The normalized spacial score (nSPS) is 11.5. The lowest BCUT2D eigenvalue weighted by Crippen LogP contribution is -2.14. The predicted octanol–water partition coefficient (Wildman–Crippen LogP) is 1.38. The molecule has 4 nitrogen and oxygen atoms in total. The molecule has 4 N–H and O–H groups in total. The van der Waals surface area contributed by atoms with Gasteiger partial charge in [-0.05, 0) is 29.2 Å². The largest absolute Gasteiger partial charge is 0.326 e. The molecule has 0 fully saturated rings. The van der Waals surface area contributed by atoms with Crippen molar-refractivity contribution in [2.75, 3.05) is 0 Å². The number of sulfonamides is 1. The Hall–Kier alpha value is -1.69. The molecular weight excluding hydrogens is 260 g/mol. The number of rotatable bonds is 4. The van der Waals surface area contributed by atoms with Crippen LogP contribution in [0.4, 0.5) is 0 Å². The molecule has 2 rings (SSSR count). The Bertz CT molecular complexity index is 664. The minimum absolute atomic E-state index is 0.179. The van der Waals surface area contributed by atoms with Gasteiger partial charge >= 0.3 is 0 Å². The van der Waals surface area contributed by atoms with Gasteiger partial charge in [0.25, 0.3) is 0 Å². The first-order valence-electron chi connectivity index (χ1n) is 5.89. The summed E-state index contributed by atoms with van der Waals surface area (Å²) in [6.45, 7) is 0.494. The van der Waals surface area contributed by atoms with Gasteiger partial charge in [0.05, 0.1) is 4.90 Å². The Morgan fingerprint density at radius 2 is 1.47 bits per heavy atom. The Morgan fingerprint density at radius 3 is 2.05 bits per heavy atom. The van der Waals surface area contributed by atoms with Crippen LogP contribution in [0.3, 0.4) is 0 Å². The zero-order valence-electron chi connectivity index (χ0n) is 10.4. The monoisotopic (exact) mass is 276 g/mol. The number of benzene rings is 2. The van der Waals surface area contributed by atoms with E-state index in [1.807, 2.05) is 24.3 Å². The van der Waals surface area contributed by atoms with Crippen LogP contribution in [0.1, 0.15) is 16.7 Å². The van der Waals surface area contributed by atoms with E-state index in [4.69, 9.17) is 10.9 Å². The summed E-state index contributed by atoms with van der Waals surface area (Å²) in [6, 6.07) is 14.5. The molecule has 0 aliphatic carbocycles. The van der Waals surface area contributed by atoms with Crippen LogP contribution in [0.25, 0.3) is 0 Å². The van der Waals surface area contributed by atoms with Crippen LogP contribution in [0.2, 0.25) is 0 Å². The van der Waals surface area contributed by atoms with Crippen LogP contribution >= 0.6 is 0 Å². The molecule has 2 aromatic rings. The topological polar surface area (TPSA) is 86.2 Å². The average Bonchev–Trinajstić information content (AvgIpc) is 2.39. The van der Waals surface area contributed by atoms with Crippen molar-refractivity contribution in [2.24, 2.45) is 10.9 Å². The number of hydrogen-bond acceptors (Lipinski definition) is 3. The lowest BCUT2D eigenvalue weighted by atomic mass is 10.0. The number of hydrogen-bond donors (Lipinski definition) is 2. The van der Waals surface area contributed by atoms with E-state index < -0.39 is 10.0 Å². The highest BCUT2D eigenvalue weighted by atomic mass is 32.2. The van der Waals surface area contributed by atoms with E-state index >= 15 is 0 Å². The third kappa shape index (κ3) is 3.41. The van der Waals surface area contributed by atoms with E-state index in [1.165, 1.54) is 6.07 Å². The Balaban J connectivity index is 2.33. The molecule has 5 heteroatoms. The fourth-order valence-corrected chi connectivity index (χ4v) is 2.71. The molecule has 0 atom stereocenters. The quantitative estimate of drug-likeness (QED) is 0.884. The molecule has 0 saturated heterocycles. The van der Waals surface area contributed by atoms with Gasteiger partial charge in [-0.25, -0.2) is 13.6 Å². The van der Waals surface area contributed by atoms with E-state index in [1.54, 1.807) is 18.2 Å². The summed E-state index contributed by atoms with van der Waals surface area (Å²) in [5.41, 5.74) is 8.30. The first-order valence-corrected chi connectivity index (χ1v) is 7.44. The minimum Gasteiger partial charge on any atom is -0.326 e. The molecule has 0 aromatic heterocycles. The standard InChI is InChI=1S/C14H16N2O2S/c15-10-12-7-5-11(6-8-12)9-13-3-1-2-4-14(13)19(16,17)18/h1-8H,9-10,15H2,(H2,16,17,18). The van der Waals surface area contributed by atoms with Gasteiger partial charge in [0.1, 0.15) is 0 Å². The molecule has 0 unspecified atom stereocenters. The zero-order chi connectivity index (χ0) is 13.9. The Morgan fingerprint density at radius 1 is 0.895 bits per heavy atom. The van der Waals surface area contributed by atoms with Gasteiger partial charge in [-0.15, -0.1) is 0 Å². The van der Waals surface area contributed by atoms with Gasteiger partial charge < -0.3 is 5.73 Å². The first kappa shape index (κ1) is 13.7. The van der Waals surface area contributed by atoms with Gasteiger partial charge in [-0.3, -0.25) is 0 Å². The van der Waals surface area contributed by atoms with Gasteiger partial charge in [0.15, 0.2) is 0 Å². The highest BCUT2D eigenvalue weighted by Crippen LogP contribution is 2.18. The van der Waals surface area contributed by atoms with E-state index in [0.717, 1.165) is 11.1 Å². The molecule has 19 heavy (non-hydrogen) atoms. The van der Waals surface area contributed by atoms with Crippen molar-refractivity contribution in [2.45, 2.75) is 17.9 Å². The summed E-state index contributed by atoms with van der Waals surface area (Å²) in [4.78, 5) is 0.179. The van der Waals surface area contributed by atoms with Crippen LogP contribution in [-0.4, -0.2) is 8.42 Å². The van der Waals surface area contributed by atoms with Crippen molar-refractivity contribution < 1.29 is 8.42 Å². The second kappa shape index (κ2) is 5.52. The minimum atomic E-state index is -3.69. The third-order valence-corrected chi connectivity index (χ3v) is 3.94. The van der Waals surface area contributed by atoms with E-state index in [-0.39, 0.29) is 4.90 Å². The summed E-state index contributed by atoms with van der Waals surface area (Å²) in [5.74, 6) is 0. The fraction of sp³-hybridized carbons (Fsp3) is 0.143. The van der Waals surface area contributed by atoms with Crippen LogP contribution in [-0.2, 0) is 23.0 Å². The van der Waals surface area contributed by atoms with Crippen LogP contribution in [0, 0.1) is 0 Å². The van der Waals surface area contributed by atoms with Gasteiger partial charge in [0.2, 0.25) is 10.0 Å². The van der Waals surface area contributed by atoms with Crippen LogP contribution in [0.15, 0.2) is 53.4 Å². The Labute approximate surface area is 113 Å². The highest BCUT2D eigenvalue weighted by molar-refractivity contribution is 7.89. The van der Waals surface area contributed by atoms with Crippen molar-refractivity contribution in [1.82, 2.24) is 0 Å². The molecule has 0 heterocycles. The Kier molecular flexibility index (Phi) is 3.99. The molecule has 2 aromatic carbocycles. The summed E-state index contributed by atoms with van der Waals surface area (Å²) < 4.78 is 23.0. The molecule has 0 saturated carbocycles. The number of primary sulfonamides is 1. The van der Waals surface area contributed by atoms with Gasteiger partial charge in [0, 0.05) is 6.54 Å². The molecule has 0 aliphatic heterocycles. The van der Waals surface area contributed by atoms with Crippen molar-refractivity contribution in [3.8, 4) is 0 Å². The third-order valence-electron chi connectivity index (χ3n) is 2.93. The second-order valence-electron chi connectivity index (χ2n) is 4.35. The SMILES string of the molecule is NCc1ccc(Cc2ccccc2S(N)(=O)=O)cc1. The van der Waals surface area contributed by atoms with E-state index in [2.05, 4.69) is 0 Å². The maximum Gasteiger partial charge on any atom is 0.238 e. The predicted molar refractivity (Wildman–Crippen MR) is 75.0 cm³/mol. The molecule has 0 aliphatic rings. The second-order valence-corrected chi connectivity index (χ2v) is 5.88. The summed E-state index contributed by atoms with van der Waals surface area (Å²) >= 11 is 0. The van der Waals surface area contributed by atoms with Crippen molar-refractivity contribution in [1.29, 1.82) is 0 Å². The van der Waals surface area contributed by atoms with Gasteiger partial charge in [-0.1, -0.05) is 42.5 Å². The van der Waals surface area contributed by atoms with Gasteiger partial charge in [-0.2, -0.15) is 0 Å². The molecule has 0 spiro atoms. The van der Waals surface area contributed by atoms with Crippen LogP contribution in [0.5, 0.6) is 0 Å². The molecule has 0 radical (unpaired) electrons. The van der Waals surface area contributed by atoms with E-state index in [9.17, 15) is 8.42 Å². The summed E-state index contributed by atoms with van der Waals surface area (Å²) in [5, 5.41) is 5.21. The molecule has 100 valence electrons. The molecule has 0 bridgehead atoms. The lowest BCUT2D eigenvalue weighted by Gasteiger charge is -2.08. The number of nitrogens with two attached hydrogens (primary N) is 2. The average molecular weight is 276 g/mol. The molecule has 0 amide bonds. The summed E-state index contributed by atoms with van der Waals surface area (Å²) in [7, 11) is -3.69. The lowest BCUT2D eigenvalue weighted by molar-refractivity contribution is 0.597. The van der Waals surface area contributed by atoms with Crippen molar-refractivity contribution in [3.05, 3.63) is 65.2 Å². The zero-order valence-corrected chi connectivity index (χ0v) is 11.2. The summed E-state index contributed by atoms with van der Waals surface area (Å²) in [6.07, 6.45) is 0.525. The smallest absolute Gasteiger partial charge is 0.238 e.